The Morgan fingerprint density at radius 2 is 1.97 bits per heavy atom. The number of hydrogen-bond acceptors (Lipinski definition) is 8. The Hall–Kier alpha value is -3.39. The molecule has 0 radical (unpaired) electrons. The molecule has 0 spiro atoms. The summed E-state index contributed by atoms with van der Waals surface area (Å²) in [6.45, 7) is 7.78. The lowest BCUT2D eigenvalue weighted by Crippen LogP contribution is -2.09. The van der Waals surface area contributed by atoms with Gasteiger partial charge in [0, 0.05) is 11.4 Å². The Morgan fingerprint density at radius 1 is 1.16 bits per heavy atom. The average Bonchev–Trinajstić information content (AvgIpc) is 3.41. The van der Waals surface area contributed by atoms with Gasteiger partial charge in [0.15, 0.2) is 0 Å². The molecule has 3 heterocycles. The zero-order chi connectivity index (χ0) is 22.8. The van der Waals surface area contributed by atoms with E-state index in [0.29, 0.717) is 45.9 Å². The quantitative estimate of drug-likeness (QED) is 0.344. The lowest BCUT2D eigenvalue weighted by atomic mass is 10.0. The highest BCUT2D eigenvalue weighted by atomic mass is 32.1. The van der Waals surface area contributed by atoms with Gasteiger partial charge in [0.1, 0.15) is 29.5 Å². The molecule has 166 valence electrons. The highest BCUT2D eigenvalue weighted by Gasteiger charge is 2.18. The smallest absolute Gasteiger partial charge is 0.374 e. The molecule has 4 rings (SSSR count). The molecular formula is C24H23NO6S. The number of rotatable bonds is 7. The largest absolute Gasteiger partial charge is 0.485 e. The topological polar surface area (TPSA) is 91.8 Å². The zero-order valence-corrected chi connectivity index (χ0v) is 19.1. The Labute approximate surface area is 188 Å². The van der Waals surface area contributed by atoms with Gasteiger partial charge in [-0.15, -0.1) is 11.3 Å². The average molecular weight is 454 g/mol. The zero-order valence-electron chi connectivity index (χ0n) is 18.3. The molecule has 0 atom stereocenters. The van der Waals surface area contributed by atoms with Crippen molar-refractivity contribution in [2.24, 2.45) is 0 Å². The van der Waals surface area contributed by atoms with Crippen LogP contribution in [0.4, 0.5) is 0 Å². The van der Waals surface area contributed by atoms with Crippen molar-refractivity contribution >= 4 is 28.3 Å². The van der Waals surface area contributed by atoms with Crippen molar-refractivity contribution in [3.63, 3.8) is 0 Å². The highest BCUT2D eigenvalue weighted by molar-refractivity contribution is 7.09. The monoisotopic (exact) mass is 453 g/mol. The van der Waals surface area contributed by atoms with E-state index in [1.165, 1.54) is 11.3 Å². The van der Waals surface area contributed by atoms with Crippen molar-refractivity contribution in [1.82, 2.24) is 4.98 Å². The molecule has 0 aliphatic rings. The predicted molar refractivity (Wildman–Crippen MR) is 121 cm³/mol. The number of nitrogens with zero attached hydrogens (tertiary/aromatic N) is 1. The van der Waals surface area contributed by atoms with Crippen molar-refractivity contribution in [2.45, 2.75) is 40.7 Å². The molecular weight excluding hydrogens is 430 g/mol. The summed E-state index contributed by atoms with van der Waals surface area (Å²) in [5.74, 6) is 1.21. The number of hydrogen-bond donors (Lipinski definition) is 0. The second-order valence-corrected chi connectivity index (χ2v) is 8.26. The minimum absolute atomic E-state index is 0.111. The van der Waals surface area contributed by atoms with E-state index in [4.69, 9.17) is 18.3 Å². The van der Waals surface area contributed by atoms with E-state index in [-0.39, 0.29) is 24.4 Å². The van der Waals surface area contributed by atoms with E-state index in [1.54, 1.807) is 32.0 Å². The van der Waals surface area contributed by atoms with Gasteiger partial charge in [-0.25, -0.2) is 9.78 Å². The van der Waals surface area contributed by atoms with Gasteiger partial charge in [0.25, 0.3) is 0 Å². The molecule has 0 fully saturated rings. The molecule has 0 bridgehead atoms. The van der Waals surface area contributed by atoms with Gasteiger partial charge in [-0.1, -0.05) is 6.92 Å². The number of carbonyl (C=O) groups is 1. The van der Waals surface area contributed by atoms with E-state index in [2.05, 4.69) is 4.98 Å². The molecule has 0 aliphatic heterocycles. The second kappa shape index (κ2) is 9.00. The van der Waals surface area contributed by atoms with Crippen LogP contribution < -0.4 is 10.2 Å². The number of fused-ring (bicyclic) bond motifs is 1. The van der Waals surface area contributed by atoms with Crippen molar-refractivity contribution in [3.05, 3.63) is 67.7 Å². The first-order valence-corrected chi connectivity index (χ1v) is 11.2. The molecule has 7 nitrogen and oxygen atoms in total. The van der Waals surface area contributed by atoms with Crippen LogP contribution in [0.3, 0.4) is 0 Å². The second-order valence-electron chi connectivity index (χ2n) is 7.20. The third-order valence-corrected chi connectivity index (χ3v) is 5.79. The molecule has 3 aromatic heterocycles. The van der Waals surface area contributed by atoms with Gasteiger partial charge in [0.2, 0.25) is 11.2 Å². The Bertz CT molecular complexity index is 1350. The number of benzene rings is 1. The van der Waals surface area contributed by atoms with E-state index in [9.17, 15) is 9.59 Å². The van der Waals surface area contributed by atoms with Crippen LogP contribution in [0.1, 0.15) is 46.5 Å². The van der Waals surface area contributed by atoms with Crippen molar-refractivity contribution < 1.29 is 23.1 Å². The Balaban J connectivity index is 1.66. The molecule has 4 aromatic rings. The van der Waals surface area contributed by atoms with Crippen LogP contribution in [0.2, 0.25) is 0 Å². The predicted octanol–water partition coefficient (Wildman–Crippen LogP) is 5.44. The molecule has 0 unspecified atom stereocenters. The minimum Gasteiger partial charge on any atom is -0.485 e. The molecule has 0 aliphatic carbocycles. The van der Waals surface area contributed by atoms with E-state index < -0.39 is 5.97 Å². The van der Waals surface area contributed by atoms with E-state index in [1.807, 2.05) is 25.3 Å². The number of carbonyl (C=O) groups excluding carboxylic acids is 1. The minimum atomic E-state index is -0.512. The summed E-state index contributed by atoms with van der Waals surface area (Å²) in [4.78, 5) is 29.5. The van der Waals surface area contributed by atoms with Crippen LogP contribution in [0, 0.1) is 13.8 Å². The van der Waals surface area contributed by atoms with Crippen LogP contribution in [-0.2, 0) is 17.8 Å². The van der Waals surface area contributed by atoms with Crippen LogP contribution in [0.25, 0.3) is 22.2 Å². The molecule has 0 saturated carbocycles. The maximum Gasteiger partial charge on any atom is 0.374 e. The van der Waals surface area contributed by atoms with Gasteiger partial charge in [-0.05, 0) is 51.0 Å². The summed E-state index contributed by atoms with van der Waals surface area (Å²) in [6, 6.07) is 6.77. The SMILES string of the molecule is CCOC(=O)c1ccc(COc2cc3oc(C)c(-c4csc(C)n4)c(=O)c3cc2CC)o1. The first-order valence-electron chi connectivity index (χ1n) is 10.3. The number of aromatic nitrogens is 1. The fourth-order valence-electron chi connectivity index (χ4n) is 3.48. The van der Waals surface area contributed by atoms with Gasteiger partial charge in [-0.2, -0.15) is 0 Å². The lowest BCUT2D eigenvalue weighted by molar-refractivity contribution is 0.0486. The van der Waals surface area contributed by atoms with Crippen LogP contribution in [0.5, 0.6) is 5.75 Å². The van der Waals surface area contributed by atoms with Crippen LogP contribution in [-0.4, -0.2) is 17.6 Å². The van der Waals surface area contributed by atoms with Crippen molar-refractivity contribution in [3.8, 4) is 17.0 Å². The van der Waals surface area contributed by atoms with Crippen molar-refractivity contribution in [2.75, 3.05) is 6.61 Å². The lowest BCUT2D eigenvalue weighted by Gasteiger charge is -2.12. The molecule has 0 saturated heterocycles. The highest BCUT2D eigenvalue weighted by Crippen LogP contribution is 2.30. The number of aryl methyl sites for hydroxylation is 3. The number of esters is 1. The number of ether oxygens (including phenoxy) is 2. The normalized spacial score (nSPS) is 11.1. The first-order chi connectivity index (χ1) is 15.4. The summed E-state index contributed by atoms with van der Waals surface area (Å²) >= 11 is 1.49. The van der Waals surface area contributed by atoms with E-state index in [0.717, 1.165) is 10.6 Å². The van der Waals surface area contributed by atoms with Crippen molar-refractivity contribution in [1.29, 1.82) is 0 Å². The Morgan fingerprint density at radius 3 is 2.66 bits per heavy atom. The number of furan rings is 1. The van der Waals surface area contributed by atoms with Gasteiger partial charge in [-0.3, -0.25) is 4.79 Å². The van der Waals surface area contributed by atoms with Gasteiger partial charge < -0.3 is 18.3 Å². The number of thiazole rings is 1. The summed E-state index contributed by atoms with van der Waals surface area (Å²) < 4.78 is 22.4. The molecule has 8 heteroatoms. The van der Waals surface area contributed by atoms with E-state index >= 15 is 0 Å². The fourth-order valence-corrected chi connectivity index (χ4v) is 4.08. The maximum absolute atomic E-state index is 13.2. The maximum atomic E-state index is 13.2. The fraction of sp³-hybridized carbons (Fsp3) is 0.292. The summed E-state index contributed by atoms with van der Waals surface area (Å²) in [6.07, 6.45) is 0.663. The molecule has 1 aromatic carbocycles. The third-order valence-electron chi connectivity index (χ3n) is 5.01. The Kier molecular flexibility index (Phi) is 6.14. The van der Waals surface area contributed by atoms with Gasteiger partial charge >= 0.3 is 5.97 Å². The van der Waals surface area contributed by atoms with Gasteiger partial charge in [0.05, 0.1) is 28.3 Å². The molecule has 0 amide bonds. The summed E-state index contributed by atoms with van der Waals surface area (Å²) in [7, 11) is 0. The van der Waals surface area contributed by atoms with Crippen LogP contribution in [0.15, 0.2) is 43.3 Å². The van der Waals surface area contributed by atoms with Crippen LogP contribution >= 0.6 is 11.3 Å². The third kappa shape index (κ3) is 4.18. The summed E-state index contributed by atoms with van der Waals surface area (Å²) in [5, 5.41) is 3.25. The summed E-state index contributed by atoms with van der Waals surface area (Å²) in [5.41, 5.74) is 2.32. The molecule has 0 N–H and O–H groups in total. The first kappa shape index (κ1) is 21.8. The molecule has 32 heavy (non-hydrogen) atoms. The standard InChI is InChI=1S/C24H23NO6S/c1-5-15-9-17-21(30-13(3)22(23(17)26)18-12-32-14(4)25-18)10-20(15)29-11-16-7-8-19(31-16)24(27)28-6-2/h7-10,12H,5-6,11H2,1-4H3.